The molecule has 0 rings (SSSR count). The summed E-state index contributed by atoms with van der Waals surface area (Å²) in [5, 5.41) is 11.0. The molecule has 0 saturated heterocycles. The molecular formula is C6H13NO2. The van der Waals surface area contributed by atoms with Crippen molar-refractivity contribution in [2.75, 3.05) is 0 Å². The molecule has 0 aliphatic carbocycles. The molecular weight excluding hydrogens is 118 g/mol. The zero-order valence-electron chi connectivity index (χ0n) is 6.30. The molecule has 0 aromatic rings. The molecule has 54 valence electrons. The molecule has 0 amide bonds. The number of nitrogens with zero attached hydrogens (tertiary/aromatic N) is 1. The van der Waals surface area contributed by atoms with Gasteiger partial charge in [0.15, 0.2) is 0 Å². The van der Waals surface area contributed by atoms with Crippen molar-refractivity contribution in [2.45, 2.75) is 33.3 Å². The Bertz CT molecular complexity index is 113. The second-order valence-corrected chi connectivity index (χ2v) is 2.83. The molecule has 0 saturated carbocycles. The summed E-state index contributed by atoms with van der Waals surface area (Å²) in [5.41, 5.74) is -0.268. The summed E-state index contributed by atoms with van der Waals surface area (Å²) in [5.74, 6) is 0.294. The van der Waals surface area contributed by atoms with Crippen molar-refractivity contribution in [3.63, 3.8) is 0 Å². The molecule has 9 heavy (non-hydrogen) atoms. The van der Waals surface area contributed by atoms with Crippen LogP contribution in [0.1, 0.15) is 27.7 Å². The van der Waals surface area contributed by atoms with Crippen molar-refractivity contribution < 1.29 is 9.94 Å². The molecule has 0 aromatic carbocycles. The smallest absolute Gasteiger partial charge is 0.222 e. The monoisotopic (exact) mass is 131 g/mol. The quantitative estimate of drug-likeness (QED) is 0.235. The van der Waals surface area contributed by atoms with Crippen LogP contribution in [0.15, 0.2) is 5.16 Å². The summed E-state index contributed by atoms with van der Waals surface area (Å²) < 4.78 is 5.09. The molecule has 0 radical (unpaired) electrons. The van der Waals surface area contributed by atoms with Gasteiger partial charge in [-0.05, 0) is 20.8 Å². The van der Waals surface area contributed by atoms with Crippen LogP contribution in [0.2, 0.25) is 0 Å². The Kier molecular flexibility index (Phi) is 2.49. The van der Waals surface area contributed by atoms with E-state index < -0.39 is 0 Å². The third-order valence-corrected chi connectivity index (χ3v) is 0.595. The van der Waals surface area contributed by atoms with Crippen LogP contribution in [-0.2, 0) is 4.74 Å². The van der Waals surface area contributed by atoms with E-state index in [0.29, 0.717) is 5.90 Å². The lowest BCUT2D eigenvalue weighted by molar-refractivity contribution is 0.106. The Morgan fingerprint density at radius 1 is 1.44 bits per heavy atom. The fourth-order valence-corrected chi connectivity index (χ4v) is 0.464. The second-order valence-electron chi connectivity index (χ2n) is 2.83. The van der Waals surface area contributed by atoms with E-state index in [-0.39, 0.29) is 5.60 Å². The molecule has 0 unspecified atom stereocenters. The minimum Gasteiger partial charge on any atom is -0.473 e. The fourth-order valence-electron chi connectivity index (χ4n) is 0.464. The number of hydrogen-bond donors (Lipinski definition) is 1. The largest absolute Gasteiger partial charge is 0.473 e. The van der Waals surface area contributed by atoms with E-state index in [9.17, 15) is 0 Å². The molecule has 0 heterocycles. The zero-order chi connectivity index (χ0) is 7.49. The van der Waals surface area contributed by atoms with E-state index in [1.54, 1.807) is 6.92 Å². The summed E-state index contributed by atoms with van der Waals surface area (Å²) in [6, 6.07) is 0. The number of hydrogen-bond acceptors (Lipinski definition) is 3. The van der Waals surface area contributed by atoms with Gasteiger partial charge >= 0.3 is 0 Å². The Morgan fingerprint density at radius 3 is 2.00 bits per heavy atom. The molecule has 0 bridgehead atoms. The number of ether oxygens (including phenoxy) is 1. The molecule has 0 atom stereocenters. The summed E-state index contributed by atoms with van der Waals surface area (Å²) >= 11 is 0. The average Bonchev–Trinajstić information content (AvgIpc) is 1.62. The van der Waals surface area contributed by atoms with Gasteiger partial charge in [-0.15, -0.1) is 0 Å². The SMILES string of the molecule is CC(=NO)OC(C)(C)C. The van der Waals surface area contributed by atoms with Gasteiger partial charge in [-0.25, -0.2) is 0 Å². The second kappa shape index (κ2) is 2.71. The summed E-state index contributed by atoms with van der Waals surface area (Å²) in [7, 11) is 0. The summed E-state index contributed by atoms with van der Waals surface area (Å²) in [6.45, 7) is 7.27. The molecule has 1 N–H and O–H groups in total. The van der Waals surface area contributed by atoms with Gasteiger partial charge in [0, 0.05) is 6.92 Å². The zero-order valence-corrected chi connectivity index (χ0v) is 6.30. The van der Waals surface area contributed by atoms with Crippen molar-refractivity contribution in [3.05, 3.63) is 0 Å². The van der Waals surface area contributed by atoms with Crippen LogP contribution >= 0.6 is 0 Å². The Balaban J connectivity index is 3.75. The van der Waals surface area contributed by atoms with Crippen molar-refractivity contribution in [3.8, 4) is 0 Å². The molecule has 0 fully saturated rings. The lowest BCUT2D eigenvalue weighted by Crippen LogP contribution is -2.22. The number of oxime groups is 1. The molecule has 0 aliphatic rings. The van der Waals surface area contributed by atoms with Crippen LogP contribution in [0.4, 0.5) is 0 Å². The van der Waals surface area contributed by atoms with Gasteiger partial charge in [0.2, 0.25) is 5.90 Å². The van der Waals surface area contributed by atoms with Gasteiger partial charge in [-0.2, -0.15) is 0 Å². The number of rotatable bonds is 0. The maximum absolute atomic E-state index is 8.16. The Labute approximate surface area is 55.3 Å². The highest BCUT2D eigenvalue weighted by atomic mass is 16.5. The first kappa shape index (κ1) is 8.27. The van der Waals surface area contributed by atoms with Crippen molar-refractivity contribution in [1.82, 2.24) is 0 Å². The van der Waals surface area contributed by atoms with Gasteiger partial charge in [-0.3, -0.25) is 0 Å². The third-order valence-electron chi connectivity index (χ3n) is 0.595. The predicted molar refractivity (Wildman–Crippen MR) is 35.7 cm³/mol. The van der Waals surface area contributed by atoms with E-state index in [1.165, 1.54) is 0 Å². The van der Waals surface area contributed by atoms with E-state index >= 15 is 0 Å². The average molecular weight is 131 g/mol. The van der Waals surface area contributed by atoms with Gasteiger partial charge in [0.1, 0.15) is 5.60 Å². The molecule has 3 nitrogen and oxygen atoms in total. The summed E-state index contributed by atoms with van der Waals surface area (Å²) in [4.78, 5) is 0. The van der Waals surface area contributed by atoms with Crippen LogP contribution in [0, 0.1) is 0 Å². The summed E-state index contributed by atoms with van der Waals surface area (Å²) in [6.07, 6.45) is 0. The van der Waals surface area contributed by atoms with Crippen molar-refractivity contribution >= 4 is 5.90 Å². The lowest BCUT2D eigenvalue weighted by atomic mass is 10.2. The van der Waals surface area contributed by atoms with Crippen molar-refractivity contribution in [1.29, 1.82) is 0 Å². The van der Waals surface area contributed by atoms with Gasteiger partial charge < -0.3 is 9.94 Å². The Hall–Kier alpha value is -0.730. The fraction of sp³-hybridized carbons (Fsp3) is 0.833. The minimum atomic E-state index is -0.268. The third kappa shape index (κ3) is 5.14. The maximum Gasteiger partial charge on any atom is 0.222 e. The minimum absolute atomic E-state index is 0.268. The van der Waals surface area contributed by atoms with E-state index in [2.05, 4.69) is 5.16 Å². The van der Waals surface area contributed by atoms with Crippen LogP contribution < -0.4 is 0 Å². The topological polar surface area (TPSA) is 41.8 Å². The highest BCUT2D eigenvalue weighted by Crippen LogP contribution is 2.06. The molecule has 0 aromatic heterocycles. The molecule has 3 heteroatoms. The lowest BCUT2D eigenvalue weighted by Gasteiger charge is -2.19. The first-order chi connectivity index (χ1) is 3.95. The standard InChI is InChI=1S/C6H13NO2/c1-5(7-8)9-6(2,3)4/h8H,1-4H3. The van der Waals surface area contributed by atoms with Crippen LogP contribution in [-0.4, -0.2) is 16.7 Å². The normalized spacial score (nSPS) is 13.6. The maximum atomic E-state index is 8.16. The first-order valence-corrected chi connectivity index (χ1v) is 2.83. The highest BCUT2D eigenvalue weighted by molar-refractivity contribution is 5.72. The van der Waals surface area contributed by atoms with E-state index in [4.69, 9.17) is 9.94 Å². The molecule has 0 spiro atoms. The van der Waals surface area contributed by atoms with E-state index in [1.807, 2.05) is 20.8 Å². The van der Waals surface area contributed by atoms with Crippen LogP contribution in [0.25, 0.3) is 0 Å². The van der Waals surface area contributed by atoms with Crippen LogP contribution in [0.3, 0.4) is 0 Å². The van der Waals surface area contributed by atoms with Crippen LogP contribution in [0.5, 0.6) is 0 Å². The van der Waals surface area contributed by atoms with Gasteiger partial charge in [0.05, 0.1) is 0 Å². The van der Waals surface area contributed by atoms with Crippen molar-refractivity contribution in [2.24, 2.45) is 5.16 Å². The highest BCUT2D eigenvalue weighted by Gasteiger charge is 2.11. The molecule has 0 aliphatic heterocycles. The predicted octanol–water partition coefficient (Wildman–Crippen LogP) is 1.61. The van der Waals surface area contributed by atoms with E-state index in [0.717, 1.165) is 0 Å². The Morgan fingerprint density at radius 2 is 1.89 bits per heavy atom. The van der Waals surface area contributed by atoms with Gasteiger partial charge in [-0.1, -0.05) is 5.16 Å². The van der Waals surface area contributed by atoms with Gasteiger partial charge in [0.25, 0.3) is 0 Å². The first-order valence-electron chi connectivity index (χ1n) is 2.83.